The van der Waals surface area contributed by atoms with Crippen molar-refractivity contribution in [2.24, 2.45) is 0 Å². The zero-order valence-electron chi connectivity index (χ0n) is 13.2. The Balaban J connectivity index is 2.34. The first-order valence-corrected chi connectivity index (χ1v) is 7.22. The maximum absolute atomic E-state index is 10.1. The van der Waals surface area contributed by atoms with E-state index in [1.807, 2.05) is 13.8 Å². The molecule has 0 bridgehead atoms. The molecule has 5 heteroatoms. The summed E-state index contributed by atoms with van der Waals surface area (Å²) in [7, 11) is 0. The summed E-state index contributed by atoms with van der Waals surface area (Å²) in [5, 5.41) is 10.1. The third-order valence-corrected chi connectivity index (χ3v) is 3.97. The average molecular weight is 278 g/mol. The predicted molar refractivity (Wildman–Crippen MR) is 82.0 cm³/mol. The summed E-state index contributed by atoms with van der Waals surface area (Å²) in [4.78, 5) is 11.4. The lowest BCUT2D eigenvalue weighted by molar-refractivity contribution is 0.0350. The minimum Gasteiger partial charge on any atom is -0.390 e. The van der Waals surface area contributed by atoms with Crippen molar-refractivity contribution in [1.82, 2.24) is 9.97 Å². The summed E-state index contributed by atoms with van der Waals surface area (Å²) in [6, 6.07) is 0. The van der Waals surface area contributed by atoms with Crippen molar-refractivity contribution in [3.8, 4) is 0 Å². The van der Waals surface area contributed by atoms with Gasteiger partial charge in [-0.1, -0.05) is 20.8 Å². The Bertz CT molecular complexity index is 495. The van der Waals surface area contributed by atoms with Crippen LogP contribution in [0, 0.1) is 6.92 Å². The molecule has 2 rings (SSSR count). The molecule has 2 heterocycles. The van der Waals surface area contributed by atoms with E-state index >= 15 is 0 Å². The normalized spacial score (nSPS) is 19.2. The highest BCUT2D eigenvalue weighted by atomic mass is 16.3. The van der Waals surface area contributed by atoms with Crippen molar-refractivity contribution in [3.63, 3.8) is 0 Å². The van der Waals surface area contributed by atoms with Gasteiger partial charge in [0.1, 0.15) is 17.5 Å². The molecule has 3 N–H and O–H groups in total. The van der Waals surface area contributed by atoms with Crippen LogP contribution in [0.15, 0.2) is 0 Å². The summed E-state index contributed by atoms with van der Waals surface area (Å²) < 4.78 is 0. The first-order valence-electron chi connectivity index (χ1n) is 7.22. The first-order chi connectivity index (χ1) is 9.10. The van der Waals surface area contributed by atoms with E-state index in [0.717, 1.165) is 43.1 Å². The molecule has 1 aliphatic rings. The van der Waals surface area contributed by atoms with Gasteiger partial charge in [0.15, 0.2) is 0 Å². The molecule has 0 saturated carbocycles. The number of aliphatic hydroxyl groups is 1. The van der Waals surface area contributed by atoms with Gasteiger partial charge in [0, 0.05) is 24.1 Å². The Labute approximate surface area is 121 Å². The number of nitrogens with two attached hydrogens (primary N) is 1. The number of nitrogen functional groups attached to an aromatic ring is 1. The molecule has 0 unspecified atom stereocenters. The lowest BCUT2D eigenvalue weighted by atomic mass is 9.93. The van der Waals surface area contributed by atoms with Gasteiger partial charge in [0.2, 0.25) is 0 Å². The third kappa shape index (κ3) is 3.03. The van der Waals surface area contributed by atoms with Crippen molar-refractivity contribution in [1.29, 1.82) is 0 Å². The highest BCUT2D eigenvalue weighted by Crippen LogP contribution is 2.30. The van der Waals surface area contributed by atoms with Crippen LogP contribution < -0.4 is 10.6 Å². The molecule has 0 aliphatic carbocycles. The van der Waals surface area contributed by atoms with Crippen LogP contribution in [0.25, 0.3) is 0 Å². The Morgan fingerprint density at radius 1 is 1.20 bits per heavy atom. The Kier molecular flexibility index (Phi) is 3.67. The molecule has 0 amide bonds. The number of anilines is 2. The van der Waals surface area contributed by atoms with E-state index in [0.29, 0.717) is 5.82 Å². The molecule has 1 fully saturated rings. The quantitative estimate of drug-likeness (QED) is 0.822. The maximum atomic E-state index is 10.1. The van der Waals surface area contributed by atoms with E-state index in [4.69, 9.17) is 10.7 Å². The maximum Gasteiger partial charge on any atom is 0.138 e. The van der Waals surface area contributed by atoms with E-state index in [-0.39, 0.29) is 5.41 Å². The number of hydrogen-bond donors (Lipinski definition) is 2. The standard InChI is InChI=1S/C15H26N4O/c1-10-11(16)17-13(14(2,3)4)18-12(10)19-8-6-15(5,20)7-9-19/h20H,6-9H2,1-5H3,(H2,16,17,18). The molecule has 20 heavy (non-hydrogen) atoms. The molecule has 112 valence electrons. The number of piperidine rings is 1. The lowest BCUT2D eigenvalue weighted by Crippen LogP contribution is -2.43. The fourth-order valence-electron chi connectivity index (χ4n) is 2.37. The topological polar surface area (TPSA) is 75.3 Å². The van der Waals surface area contributed by atoms with Crippen molar-refractivity contribution < 1.29 is 5.11 Å². The van der Waals surface area contributed by atoms with Crippen LogP contribution >= 0.6 is 0 Å². The van der Waals surface area contributed by atoms with Crippen molar-refractivity contribution in [2.45, 2.75) is 58.5 Å². The molecule has 5 nitrogen and oxygen atoms in total. The molecule has 0 aromatic carbocycles. The number of aromatic nitrogens is 2. The molecule has 1 saturated heterocycles. The molecule has 0 atom stereocenters. The second kappa shape index (κ2) is 4.88. The Hall–Kier alpha value is -1.36. The summed E-state index contributed by atoms with van der Waals surface area (Å²) in [6.45, 7) is 11.7. The first kappa shape index (κ1) is 15.0. The van der Waals surface area contributed by atoms with Gasteiger partial charge in [-0.3, -0.25) is 0 Å². The van der Waals surface area contributed by atoms with E-state index < -0.39 is 5.60 Å². The van der Waals surface area contributed by atoms with Crippen LogP contribution in [-0.4, -0.2) is 33.8 Å². The van der Waals surface area contributed by atoms with Crippen LogP contribution in [0.5, 0.6) is 0 Å². The van der Waals surface area contributed by atoms with E-state index in [1.54, 1.807) is 0 Å². The van der Waals surface area contributed by atoms with Gasteiger partial charge in [0.05, 0.1) is 5.60 Å². The van der Waals surface area contributed by atoms with Crippen LogP contribution in [0.2, 0.25) is 0 Å². The Morgan fingerprint density at radius 2 is 1.75 bits per heavy atom. The second-order valence-electron chi connectivity index (χ2n) is 7.12. The summed E-state index contributed by atoms with van der Waals surface area (Å²) in [5.74, 6) is 2.24. The van der Waals surface area contributed by atoms with Crippen molar-refractivity contribution >= 4 is 11.6 Å². The lowest BCUT2D eigenvalue weighted by Gasteiger charge is -2.37. The largest absolute Gasteiger partial charge is 0.390 e. The van der Waals surface area contributed by atoms with Crippen LogP contribution in [0.4, 0.5) is 11.6 Å². The van der Waals surface area contributed by atoms with Gasteiger partial charge < -0.3 is 15.7 Å². The zero-order chi connectivity index (χ0) is 15.1. The van der Waals surface area contributed by atoms with Gasteiger partial charge in [-0.15, -0.1) is 0 Å². The summed E-state index contributed by atoms with van der Waals surface area (Å²) in [5.41, 5.74) is 6.29. The van der Waals surface area contributed by atoms with E-state index in [9.17, 15) is 5.11 Å². The van der Waals surface area contributed by atoms with Gasteiger partial charge in [-0.2, -0.15) is 0 Å². The van der Waals surface area contributed by atoms with Gasteiger partial charge in [0.25, 0.3) is 0 Å². The molecule has 0 spiro atoms. The molecule has 1 aromatic rings. The summed E-state index contributed by atoms with van der Waals surface area (Å²) >= 11 is 0. The molecular weight excluding hydrogens is 252 g/mol. The second-order valence-corrected chi connectivity index (χ2v) is 7.12. The number of hydrogen-bond acceptors (Lipinski definition) is 5. The van der Waals surface area contributed by atoms with Gasteiger partial charge in [-0.05, 0) is 26.7 Å². The monoisotopic (exact) mass is 278 g/mol. The van der Waals surface area contributed by atoms with Crippen molar-refractivity contribution in [3.05, 3.63) is 11.4 Å². The fraction of sp³-hybridized carbons (Fsp3) is 0.733. The fourth-order valence-corrected chi connectivity index (χ4v) is 2.37. The molecule has 1 aliphatic heterocycles. The van der Waals surface area contributed by atoms with E-state index in [1.165, 1.54) is 0 Å². The van der Waals surface area contributed by atoms with Crippen LogP contribution in [0.1, 0.15) is 51.9 Å². The predicted octanol–water partition coefficient (Wildman–Crippen LogP) is 2.02. The highest BCUT2D eigenvalue weighted by molar-refractivity contribution is 5.57. The number of nitrogens with zero attached hydrogens (tertiary/aromatic N) is 3. The van der Waals surface area contributed by atoms with Gasteiger partial charge >= 0.3 is 0 Å². The molecule has 1 aromatic heterocycles. The summed E-state index contributed by atoms with van der Waals surface area (Å²) in [6.07, 6.45) is 1.50. The third-order valence-electron chi connectivity index (χ3n) is 3.97. The SMILES string of the molecule is Cc1c(N)nc(C(C)(C)C)nc1N1CCC(C)(O)CC1. The highest BCUT2D eigenvalue weighted by Gasteiger charge is 2.30. The van der Waals surface area contributed by atoms with Gasteiger partial charge in [-0.25, -0.2) is 9.97 Å². The van der Waals surface area contributed by atoms with Crippen molar-refractivity contribution in [2.75, 3.05) is 23.7 Å². The number of rotatable bonds is 1. The smallest absolute Gasteiger partial charge is 0.138 e. The van der Waals surface area contributed by atoms with Crippen LogP contribution in [-0.2, 0) is 5.41 Å². The van der Waals surface area contributed by atoms with Crippen LogP contribution in [0.3, 0.4) is 0 Å². The molecule has 0 radical (unpaired) electrons. The Morgan fingerprint density at radius 3 is 2.25 bits per heavy atom. The average Bonchev–Trinajstić information content (AvgIpc) is 2.31. The van der Waals surface area contributed by atoms with E-state index in [2.05, 4.69) is 30.7 Å². The minimum absolute atomic E-state index is 0.127. The minimum atomic E-state index is -0.560. The zero-order valence-corrected chi connectivity index (χ0v) is 13.2. The molecular formula is C15H26N4O.